The Hall–Kier alpha value is -1.92. The van der Waals surface area contributed by atoms with E-state index in [1.54, 1.807) is 32.2 Å². The summed E-state index contributed by atoms with van der Waals surface area (Å²) in [6.45, 7) is 2.28. The Kier molecular flexibility index (Phi) is 4.70. The van der Waals surface area contributed by atoms with Gasteiger partial charge in [-0.3, -0.25) is 0 Å². The van der Waals surface area contributed by atoms with Crippen LogP contribution in [0.15, 0.2) is 28.8 Å². The molecular formula is C14H17FN2O3. The first-order valence-electron chi connectivity index (χ1n) is 6.21. The molecule has 5 nitrogen and oxygen atoms in total. The summed E-state index contributed by atoms with van der Waals surface area (Å²) < 4.78 is 29.1. The highest BCUT2D eigenvalue weighted by Gasteiger charge is 2.09. The monoisotopic (exact) mass is 280 g/mol. The molecule has 0 aliphatic heterocycles. The lowest BCUT2D eigenvalue weighted by Crippen LogP contribution is -2.07. The second-order valence-electron chi connectivity index (χ2n) is 4.48. The van der Waals surface area contributed by atoms with E-state index in [0.29, 0.717) is 29.4 Å². The van der Waals surface area contributed by atoms with Gasteiger partial charge in [0.25, 0.3) is 0 Å². The first kappa shape index (κ1) is 14.5. The van der Waals surface area contributed by atoms with Crippen molar-refractivity contribution in [1.82, 2.24) is 5.16 Å². The predicted octanol–water partition coefficient (Wildman–Crippen LogP) is 2.56. The van der Waals surface area contributed by atoms with Crippen molar-refractivity contribution in [1.29, 1.82) is 0 Å². The van der Waals surface area contributed by atoms with Crippen LogP contribution in [0, 0.1) is 5.82 Å². The maximum atomic E-state index is 13.7. The zero-order valence-electron chi connectivity index (χ0n) is 11.4. The van der Waals surface area contributed by atoms with Crippen molar-refractivity contribution >= 4 is 0 Å². The van der Waals surface area contributed by atoms with Gasteiger partial charge < -0.3 is 19.7 Å². The van der Waals surface area contributed by atoms with Gasteiger partial charge in [0.05, 0.1) is 0 Å². The van der Waals surface area contributed by atoms with Crippen molar-refractivity contribution in [2.24, 2.45) is 5.73 Å². The molecule has 6 heteroatoms. The van der Waals surface area contributed by atoms with Crippen LogP contribution in [0.25, 0.3) is 0 Å². The van der Waals surface area contributed by atoms with Crippen LogP contribution >= 0.6 is 0 Å². The van der Waals surface area contributed by atoms with Crippen LogP contribution in [0.3, 0.4) is 0 Å². The molecule has 0 radical (unpaired) electrons. The second-order valence-corrected chi connectivity index (χ2v) is 4.48. The molecule has 108 valence electrons. The zero-order chi connectivity index (χ0) is 14.5. The molecule has 0 spiro atoms. The van der Waals surface area contributed by atoms with E-state index in [4.69, 9.17) is 19.7 Å². The van der Waals surface area contributed by atoms with Crippen LogP contribution in [0.4, 0.5) is 4.39 Å². The van der Waals surface area contributed by atoms with Crippen LogP contribution in [0.2, 0.25) is 0 Å². The summed E-state index contributed by atoms with van der Waals surface area (Å²) in [6, 6.07) is 5.99. The number of aromatic nitrogens is 1. The van der Waals surface area contributed by atoms with Gasteiger partial charge in [-0.25, -0.2) is 4.39 Å². The van der Waals surface area contributed by atoms with Crippen molar-refractivity contribution in [2.45, 2.75) is 26.2 Å². The van der Waals surface area contributed by atoms with Gasteiger partial charge in [-0.2, -0.15) is 0 Å². The fourth-order valence-corrected chi connectivity index (χ4v) is 1.76. The average Bonchev–Trinajstić information content (AvgIpc) is 2.84. The molecule has 0 saturated carbocycles. The third kappa shape index (κ3) is 3.55. The van der Waals surface area contributed by atoms with E-state index in [1.165, 1.54) is 6.07 Å². The van der Waals surface area contributed by atoms with Crippen molar-refractivity contribution in [2.75, 3.05) is 7.11 Å². The Balaban J connectivity index is 1.98. The molecule has 1 atom stereocenters. The lowest BCUT2D eigenvalue weighted by molar-refractivity contribution is 0.155. The molecule has 0 unspecified atom stereocenters. The first-order chi connectivity index (χ1) is 9.60. The third-order valence-electron chi connectivity index (χ3n) is 2.74. The molecule has 2 aromatic rings. The van der Waals surface area contributed by atoms with Gasteiger partial charge in [-0.05, 0) is 13.0 Å². The van der Waals surface area contributed by atoms with E-state index in [0.717, 1.165) is 0 Å². The molecule has 20 heavy (non-hydrogen) atoms. The molecule has 0 bridgehead atoms. The second kappa shape index (κ2) is 6.49. The number of benzene rings is 1. The Morgan fingerprint density at radius 1 is 1.35 bits per heavy atom. The SMILES string of the molecule is COCc1cc(COc2ccc([C@@H](C)N)c(F)c2)no1. The molecule has 2 N–H and O–H groups in total. The molecule has 2 rings (SSSR count). The maximum absolute atomic E-state index is 13.7. The molecule has 0 saturated heterocycles. The summed E-state index contributed by atoms with van der Waals surface area (Å²) >= 11 is 0. The number of ether oxygens (including phenoxy) is 2. The van der Waals surface area contributed by atoms with Crippen LogP contribution < -0.4 is 10.5 Å². The van der Waals surface area contributed by atoms with Gasteiger partial charge >= 0.3 is 0 Å². The molecule has 1 aromatic carbocycles. The standard InChI is InChI=1S/C14H17FN2O3/c1-9(16)13-4-3-11(6-14(13)15)19-7-10-5-12(8-18-2)20-17-10/h3-6,9H,7-8,16H2,1-2H3/t9-/m1/s1. The molecule has 0 amide bonds. The number of rotatable bonds is 6. The fraction of sp³-hybridized carbons (Fsp3) is 0.357. The summed E-state index contributed by atoms with van der Waals surface area (Å²) in [5, 5.41) is 3.82. The molecule has 1 heterocycles. The van der Waals surface area contributed by atoms with E-state index in [-0.39, 0.29) is 18.5 Å². The molecule has 0 aliphatic rings. The number of methoxy groups -OCH3 is 1. The van der Waals surface area contributed by atoms with Crippen molar-refractivity contribution < 1.29 is 18.4 Å². The zero-order valence-corrected chi connectivity index (χ0v) is 11.4. The number of halogens is 1. The third-order valence-corrected chi connectivity index (χ3v) is 2.74. The Bertz CT molecular complexity index is 569. The first-order valence-corrected chi connectivity index (χ1v) is 6.21. The van der Waals surface area contributed by atoms with Gasteiger partial charge in [0.2, 0.25) is 0 Å². The highest BCUT2D eigenvalue weighted by molar-refractivity contribution is 5.30. The fourth-order valence-electron chi connectivity index (χ4n) is 1.76. The summed E-state index contributed by atoms with van der Waals surface area (Å²) in [7, 11) is 1.57. The minimum atomic E-state index is -0.377. The van der Waals surface area contributed by atoms with E-state index in [2.05, 4.69) is 5.16 Å². The van der Waals surface area contributed by atoms with Gasteiger partial charge in [0.15, 0.2) is 5.76 Å². The smallest absolute Gasteiger partial charge is 0.162 e. The predicted molar refractivity (Wildman–Crippen MR) is 70.6 cm³/mol. The summed E-state index contributed by atoms with van der Waals surface area (Å²) in [4.78, 5) is 0. The number of hydrogen-bond donors (Lipinski definition) is 1. The number of nitrogens with zero attached hydrogens (tertiary/aromatic N) is 1. The maximum Gasteiger partial charge on any atom is 0.162 e. The normalized spacial score (nSPS) is 12.4. The van der Waals surface area contributed by atoms with Gasteiger partial charge in [-0.15, -0.1) is 0 Å². The quantitative estimate of drug-likeness (QED) is 0.880. The van der Waals surface area contributed by atoms with Gasteiger partial charge in [0.1, 0.15) is 30.5 Å². The largest absolute Gasteiger partial charge is 0.487 e. The minimum absolute atomic E-state index is 0.199. The molecule has 1 aromatic heterocycles. The van der Waals surface area contributed by atoms with Crippen LogP contribution in [-0.2, 0) is 18.0 Å². The van der Waals surface area contributed by atoms with Gasteiger partial charge in [-0.1, -0.05) is 11.2 Å². The molecule has 0 aliphatic carbocycles. The summed E-state index contributed by atoms with van der Waals surface area (Å²) in [5.74, 6) is 0.658. The highest BCUT2D eigenvalue weighted by atomic mass is 19.1. The Morgan fingerprint density at radius 3 is 2.80 bits per heavy atom. The minimum Gasteiger partial charge on any atom is -0.487 e. The average molecular weight is 280 g/mol. The van der Waals surface area contributed by atoms with E-state index in [9.17, 15) is 4.39 Å². The topological polar surface area (TPSA) is 70.5 Å². The highest BCUT2D eigenvalue weighted by Crippen LogP contribution is 2.21. The van der Waals surface area contributed by atoms with E-state index < -0.39 is 0 Å². The Labute approximate surface area is 116 Å². The van der Waals surface area contributed by atoms with Crippen molar-refractivity contribution in [3.8, 4) is 5.75 Å². The number of hydrogen-bond acceptors (Lipinski definition) is 5. The van der Waals surface area contributed by atoms with Gasteiger partial charge in [0, 0.05) is 30.8 Å². The van der Waals surface area contributed by atoms with Crippen molar-refractivity contribution in [3.05, 3.63) is 47.1 Å². The Morgan fingerprint density at radius 2 is 2.15 bits per heavy atom. The molecule has 0 fully saturated rings. The lowest BCUT2D eigenvalue weighted by Gasteiger charge is -2.09. The number of nitrogens with two attached hydrogens (primary N) is 1. The van der Waals surface area contributed by atoms with Crippen LogP contribution in [0.5, 0.6) is 5.75 Å². The van der Waals surface area contributed by atoms with Crippen LogP contribution in [-0.4, -0.2) is 12.3 Å². The summed E-state index contributed by atoms with van der Waals surface area (Å²) in [5.41, 5.74) is 6.72. The summed E-state index contributed by atoms with van der Waals surface area (Å²) in [6.07, 6.45) is 0. The van der Waals surface area contributed by atoms with E-state index in [1.807, 2.05) is 0 Å². The molecular weight excluding hydrogens is 263 g/mol. The van der Waals surface area contributed by atoms with Crippen molar-refractivity contribution in [3.63, 3.8) is 0 Å². The van der Waals surface area contributed by atoms with E-state index >= 15 is 0 Å². The lowest BCUT2D eigenvalue weighted by atomic mass is 10.1. The van der Waals surface area contributed by atoms with Crippen LogP contribution in [0.1, 0.15) is 30.0 Å².